The molecule has 0 unspecified atom stereocenters. The van der Waals surface area contributed by atoms with Crippen LogP contribution < -0.4 is 10.6 Å². The molecular formula is C17H24N6O2. The molecule has 3 rings (SSSR count). The van der Waals surface area contributed by atoms with E-state index in [2.05, 4.69) is 25.7 Å². The largest absolute Gasteiger partial charge is 0.377 e. The minimum Gasteiger partial charge on any atom is -0.377 e. The monoisotopic (exact) mass is 344 g/mol. The number of anilines is 1. The molecule has 0 spiro atoms. The van der Waals surface area contributed by atoms with Crippen LogP contribution >= 0.6 is 0 Å². The van der Waals surface area contributed by atoms with E-state index in [9.17, 15) is 4.79 Å². The number of amides is 1. The molecule has 8 heteroatoms. The van der Waals surface area contributed by atoms with Crippen molar-refractivity contribution in [1.29, 1.82) is 0 Å². The Balaban J connectivity index is 1.48. The van der Waals surface area contributed by atoms with Crippen molar-refractivity contribution in [3.63, 3.8) is 0 Å². The second-order valence-electron chi connectivity index (χ2n) is 6.27. The summed E-state index contributed by atoms with van der Waals surface area (Å²) in [4.78, 5) is 20.9. The second kappa shape index (κ2) is 7.60. The number of ether oxygens (including phenoxy) is 1. The van der Waals surface area contributed by atoms with Gasteiger partial charge in [0.05, 0.1) is 5.69 Å². The van der Waals surface area contributed by atoms with E-state index in [1.807, 2.05) is 19.1 Å². The van der Waals surface area contributed by atoms with Gasteiger partial charge in [-0.15, -0.1) is 0 Å². The van der Waals surface area contributed by atoms with Gasteiger partial charge in [-0.25, -0.2) is 9.97 Å². The summed E-state index contributed by atoms with van der Waals surface area (Å²) in [6.07, 6.45) is 4.28. The number of carbonyl (C=O) groups is 1. The quantitative estimate of drug-likeness (QED) is 0.786. The van der Waals surface area contributed by atoms with Crippen LogP contribution in [0.25, 0.3) is 0 Å². The number of nitrogens with one attached hydrogen (secondary N) is 2. The summed E-state index contributed by atoms with van der Waals surface area (Å²) >= 11 is 0. The molecule has 8 nitrogen and oxygen atoms in total. The Labute approximate surface area is 147 Å². The van der Waals surface area contributed by atoms with Crippen molar-refractivity contribution < 1.29 is 9.53 Å². The van der Waals surface area contributed by atoms with Crippen LogP contribution in [0.2, 0.25) is 0 Å². The third-order valence-electron chi connectivity index (χ3n) is 4.33. The molecule has 134 valence electrons. The zero-order valence-electron chi connectivity index (χ0n) is 14.8. The normalized spacial score (nSPS) is 19.3. The number of rotatable bonds is 7. The van der Waals surface area contributed by atoms with Gasteiger partial charge < -0.3 is 15.4 Å². The fraction of sp³-hybridized carbons (Fsp3) is 0.529. The molecule has 1 saturated carbocycles. The third kappa shape index (κ3) is 4.14. The van der Waals surface area contributed by atoms with Gasteiger partial charge in [0.1, 0.15) is 18.1 Å². The van der Waals surface area contributed by atoms with Crippen molar-refractivity contribution in [2.45, 2.75) is 44.9 Å². The summed E-state index contributed by atoms with van der Waals surface area (Å²) in [5.74, 6) is 1.37. The Morgan fingerprint density at radius 1 is 1.40 bits per heavy atom. The van der Waals surface area contributed by atoms with Crippen LogP contribution in [0.15, 0.2) is 18.3 Å². The Morgan fingerprint density at radius 2 is 2.20 bits per heavy atom. The Kier molecular flexibility index (Phi) is 5.28. The maximum absolute atomic E-state index is 12.4. The van der Waals surface area contributed by atoms with Crippen LogP contribution in [0, 0.1) is 0 Å². The molecule has 0 aromatic carbocycles. The van der Waals surface area contributed by atoms with Gasteiger partial charge in [0.15, 0.2) is 5.82 Å². The number of methoxy groups -OCH3 is 1. The summed E-state index contributed by atoms with van der Waals surface area (Å²) in [6.45, 7) is 2.42. The van der Waals surface area contributed by atoms with Crippen molar-refractivity contribution in [1.82, 2.24) is 25.1 Å². The van der Waals surface area contributed by atoms with Crippen molar-refractivity contribution in [2.75, 3.05) is 12.4 Å². The highest BCUT2D eigenvalue weighted by atomic mass is 16.5. The van der Waals surface area contributed by atoms with Crippen LogP contribution in [0.4, 0.5) is 5.82 Å². The van der Waals surface area contributed by atoms with Gasteiger partial charge in [-0.2, -0.15) is 5.10 Å². The van der Waals surface area contributed by atoms with Crippen LogP contribution in [-0.2, 0) is 24.8 Å². The standard InChI is InChI=1S/C17H24N6O2/c1-4-11-9-14(23(2)22-11)17(24)20-13-7-12(8-13)19-15-5-6-18-16(21-15)10-25-3/h5-6,9,12-13H,4,7-8,10H2,1-3H3,(H,20,24)(H,18,19,21). The zero-order chi connectivity index (χ0) is 17.8. The first-order valence-electron chi connectivity index (χ1n) is 8.50. The van der Waals surface area contributed by atoms with Crippen molar-refractivity contribution in [3.8, 4) is 0 Å². The van der Waals surface area contributed by atoms with Gasteiger partial charge in [-0.3, -0.25) is 9.48 Å². The fourth-order valence-corrected chi connectivity index (χ4v) is 2.91. The number of hydrogen-bond donors (Lipinski definition) is 2. The summed E-state index contributed by atoms with van der Waals surface area (Å²) in [6, 6.07) is 4.16. The first kappa shape index (κ1) is 17.3. The molecule has 0 radical (unpaired) electrons. The third-order valence-corrected chi connectivity index (χ3v) is 4.33. The highest BCUT2D eigenvalue weighted by Gasteiger charge is 2.31. The SMILES string of the molecule is CCc1cc(C(=O)NC2CC(Nc3ccnc(COC)n3)C2)n(C)n1. The van der Waals surface area contributed by atoms with Gasteiger partial charge >= 0.3 is 0 Å². The predicted molar refractivity (Wildman–Crippen MR) is 93.2 cm³/mol. The topological polar surface area (TPSA) is 94.0 Å². The molecule has 0 saturated heterocycles. The lowest BCUT2D eigenvalue weighted by Gasteiger charge is -2.36. The van der Waals surface area contributed by atoms with Gasteiger partial charge in [-0.05, 0) is 31.4 Å². The summed E-state index contributed by atoms with van der Waals surface area (Å²) < 4.78 is 6.68. The number of nitrogens with zero attached hydrogens (tertiary/aromatic N) is 4. The van der Waals surface area contributed by atoms with E-state index in [1.54, 1.807) is 25.0 Å². The lowest BCUT2D eigenvalue weighted by molar-refractivity contribution is 0.0903. The van der Waals surface area contributed by atoms with Gasteiger partial charge in [-0.1, -0.05) is 6.92 Å². The minimum absolute atomic E-state index is 0.0671. The van der Waals surface area contributed by atoms with Gasteiger partial charge in [0.25, 0.3) is 5.91 Å². The highest BCUT2D eigenvalue weighted by Crippen LogP contribution is 2.24. The molecule has 1 aliphatic carbocycles. The highest BCUT2D eigenvalue weighted by molar-refractivity contribution is 5.93. The Bertz CT molecular complexity index is 738. The number of hydrogen-bond acceptors (Lipinski definition) is 6. The van der Waals surface area contributed by atoms with Crippen LogP contribution in [-0.4, -0.2) is 44.8 Å². The Hall–Kier alpha value is -2.48. The van der Waals surface area contributed by atoms with E-state index in [-0.39, 0.29) is 11.9 Å². The van der Waals surface area contributed by atoms with E-state index >= 15 is 0 Å². The predicted octanol–water partition coefficient (Wildman–Crippen LogP) is 1.29. The fourth-order valence-electron chi connectivity index (χ4n) is 2.91. The summed E-state index contributed by atoms with van der Waals surface area (Å²) in [5, 5.41) is 10.7. The van der Waals surface area contributed by atoms with Crippen molar-refractivity contribution in [2.24, 2.45) is 7.05 Å². The average molecular weight is 344 g/mol. The maximum Gasteiger partial charge on any atom is 0.269 e. The van der Waals surface area contributed by atoms with Crippen LogP contribution in [0.1, 0.15) is 41.8 Å². The minimum atomic E-state index is -0.0671. The van der Waals surface area contributed by atoms with E-state index in [4.69, 9.17) is 4.74 Å². The van der Waals surface area contributed by atoms with E-state index in [1.165, 1.54) is 0 Å². The van der Waals surface area contributed by atoms with Gasteiger partial charge in [0, 0.05) is 32.4 Å². The molecule has 2 aromatic heterocycles. The first-order chi connectivity index (χ1) is 12.1. The molecule has 0 aliphatic heterocycles. The van der Waals surface area contributed by atoms with Crippen molar-refractivity contribution in [3.05, 3.63) is 35.5 Å². The number of aromatic nitrogens is 4. The molecular weight excluding hydrogens is 320 g/mol. The molecule has 2 aromatic rings. The molecule has 2 heterocycles. The van der Waals surface area contributed by atoms with Crippen LogP contribution in [0.3, 0.4) is 0 Å². The van der Waals surface area contributed by atoms with E-state index in [0.29, 0.717) is 24.2 Å². The van der Waals surface area contributed by atoms with Gasteiger partial charge in [0.2, 0.25) is 0 Å². The number of carbonyl (C=O) groups excluding carboxylic acids is 1. The molecule has 1 aliphatic rings. The van der Waals surface area contributed by atoms with Crippen molar-refractivity contribution >= 4 is 11.7 Å². The van der Waals surface area contributed by atoms with E-state index < -0.39 is 0 Å². The summed E-state index contributed by atoms with van der Waals surface area (Å²) in [7, 11) is 3.42. The second-order valence-corrected chi connectivity index (χ2v) is 6.27. The summed E-state index contributed by atoms with van der Waals surface area (Å²) in [5.41, 5.74) is 1.53. The molecule has 25 heavy (non-hydrogen) atoms. The molecule has 2 N–H and O–H groups in total. The molecule has 0 atom stereocenters. The lowest BCUT2D eigenvalue weighted by Crippen LogP contribution is -2.50. The number of aryl methyl sites for hydroxylation is 2. The zero-order valence-corrected chi connectivity index (χ0v) is 14.8. The smallest absolute Gasteiger partial charge is 0.269 e. The maximum atomic E-state index is 12.4. The molecule has 0 bridgehead atoms. The average Bonchev–Trinajstić information content (AvgIpc) is 2.94. The molecule has 1 fully saturated rings. The van der Waals surface area contributed by atoms with Crippen LogP contribution in [0.5, 0.6) is 0 Å². The lowest BCUT2D eigenvalue weighted by atomic mass is 9.86. The van der Waals surface area contributed by atoms with E-state index in [0.717, 1.165) is 30.8 Å². The Morgan fingerprint density at radius 3 is 2.88 bits per heavy atom. The molecule has 1 amide bonds. The first-order valence-corrected chi connectivity index (χ1v) is 8.50.